The molecular formula is C12H17N3O. The number of nitrogens with one attached hydrogen (secondary N) is 1. The monoisotopic (exact) mass is 219 g/mol. The molecule has 1 aliphatic rings. The summed E-state index contributed by atoms with van der Waals surface area (Å²) in [6.07, 6.45) is 0.635. The van der Waals surface area contributed by atoms with Gasteiger partial charge in [-0.25, -0.2) is 0 Å². The van der Waals surface area contributed by atoms with Crippen molar-refractivity contribution in [3.05, 3.63) is 23.8 Å². The Morgan fingerprint density at radius 1 is 1.44 bits per heavy atom. The second-order valence-electron chi connectivity index (χ2n) is 4.99. The van der Waals surface area contributed by atoms with Gasteiger partial charge >= 0.3 is 0 Å². The third kappa shape index (κ3) is 1.76. The fourth-order valence-corrected chi connectivity index (χ4v) is 2.23. The zero-order chi connectivity index (χ0) is 11.9. The minimum atomic E-state index is -0.469. The van der Waals surface area contributed by atoms with Gasteiger partial charge in [0.2, 0.25) is 5.91 Å². The Bertz CT molecular complexity index is 440. The number of hydrogen-bond acceptors (Lipinski definition) is 3. The van der Waals surface area contributed by atoms with Crippen molar-refractivity contribution in [2.75, 3.05) is 11.1 Å². The predicted molar refractivity (Wildman–Crippen MR) is 65.1 cm³/mol. The Balaban J connectivity index is 2.55. The van der Waals surface area contributed by atoms with Crippen molar-refractivity contribution in [2.24, 2.45) is 5.73 Å². The van der Waals surface area contributed by atoms with Crippen LogP contribution in [0.4, 0.5) is 11.4 Å². The number of carbonyl (C=O) groups excluding carboxylic acids is 1. The van der Waals surface area contributed by atoms with Gasteiger partial charge in [-0.15, -0.1) is 0 Å². The van der Waals surface area contributed by atoms with E-state index in [0.717, 1.165) is 11.3 Å². The smallest absolute Gasteiger partial charge is 0.241 e. The summed E-state index contributed by atoms with van der Waals surface area (Å²) in [6, 6.07) is 5.13. The Morgan fingerprint density at radius 3 is 2.81 bits per heavy atom. The number of anilines is 2. The molecule has 1 aromatic rings. The summed E-state index contributed by atoms with van der Waals surface area (Å²) in [5.74, 6) is -0.141. The van der Waals surface area contributed by atoms with E-state index in [1.165, 1.54) is 0 Å². The lowest BCUT2D eigenvalue weighted by Crippen LogP contribution is -2.37. The molecule has 1 unspecified atom stereocenters. The number of nitrogen functional groups attached to an aromatic ring is 1. The van der Waals surface area contributed by atoms with E-state index in [1.807, 2.05) is 12.1 Å². The lowest BCUT2D eigenvalue weighted by Gasteiger charge is -2.25. The van der Waals surface area contributed by atoms with Gasteiger partial charge in [0.25, 0.3) is 0 Å². The molecule has 0 saturated carbocycles. The summed E-state index contributed by atoms with van der Waals surface area (Å²) >= 11 is 0. The minimum absolute atomic E-state index is 0.123. The van der Waals surface area contributed by atoms with E-state index >= 15 is 0 Å². The number of fused-ring (bicyclic) bond motifs is 1. The van der Waals surface area contributed by atoms with Crippen LogP contribution in [0.3, 0.4) is 0 Å². The lowest BCUT2D eigenvalue weighted by molar-refractivity contribution is -0.117. The quantitative estimate of drug-likeness (QED) is 0.574. The average molecular weight is 219 g/mol. The maximum Gasteiger partial charge on any atom is 0.241 e. The maximum atomic E-state index is 11.7. The summed E-state index contributed by atoms with van der Waals surface area (Å²) in [5.41, 5.74) is 13.9. The summed E-state index contributed by atoms with van der Waals surface area (Å²) in [6.45, 7) is 4.17. The van der Waals surface area contributed by atoms with Crippen LogP contribution >= 0.6 is 0 Å². The first-order valence-corrected chi connectivity index (χ1v) is 5.36. The van der Waals surface area contributed by atoms with Crippen molar-refractivity contribution in [1.82, 2.24) is 0 Å². The molecule has 1 amide bonds. The van der Waals surface area contributed by atoms with E-state index in [0.29, 0.717) is 12.1 Å². The number of hydrogen-bond donors (Lipinski definition) is 3. The third-order valence-electron chi connectivity index (χ3n) is 3.10. The van der Waals surface area contributed by atoms with Gasteiger partial charge in [-0.1, -0.05) is 19.9 Å². The Kier molecular flexibility index (Phi) is 2.39. The first kappa shape index (κ1) is 11.0. The van der Waals surface area contributed by atoms with Crippen LogP contribution < -0.4 is 16.8 Å². The highest BCUT2D eigenvalue weighted by molar-refractivity contribution is 5.97. The lowest BCUT2D eigenvalue weighted by atomic mass is 9.79. The van der Waals surface area contributed by atoms with Crippen LogP contribution in [0.1, 0.15) is 25.8 Å². The highest BCUT2D eigenvalue weighted by Gasteiger charge is 2.33. The number of amides is 1. The van der Waals surface area contributed by atoms with E-state index in [-0.39, 0.29) is 11.3 Å². The van der Waals surface area contributed by atoms with E-state index in [4.69, 9.17) is 11.5 Å². The molecule has 0 radical (unpaired) electrons. The first-order chi connectivity index (χ1) is 7.40. The zero-order valence-electron chi connectivity index (χ0n) is 9.58. The summed E-state index contributed by atoms with van der Waals surface area (Å²) in [7, 11) is 0. The molecule has 0 saturated heterocycles. The van der Waals surface area contributed by atoms with Crippen LogP contribution in [0.25, 0.3) is 0 Å². The first-order valence-electron chi connectivity index (χ1n) is 5.36. The molecule has 16 heavy (non-hydrogen) atoms. The van der Waals surface area contributed by atoms with Crippen molar-refractivity contribution in [1.29, 1.82) is 0 Å². The number of rotatable bonds is 0. The molecule has 0 spiro atoms. The molecule has 4 nitrogen and oxygen atoms in total. The SMILES string of the molecule is CC1(C)CC(N)C(=O)Nc2cc(N)ccc21. The molecule has 86 valence electrons. The van der Waals surface area contributed by atoms with Gasteiger partial charge in [-0.05, 0) is 29.5 Å². The number of nitrogens with two attached hydrogens (primary N) is 2. The van der Waals surface area contributed by atoms with E-state index in [1.54, 1.807) is 6.07 Å². The standard InChI is InChI=1S/C12H17N3O/c1-12(2)6-9(14)11(16)15-10-5-7(13)3-4-8(10)12/h3-5,9H,6,13-14H2,1-2H3,(H,15,16). The van der Waals surface area contributed by atoms with Gasteiger partial charge in [0, 0.05) is 11.4 Å². The largest absolute Gasteiger partial charge is 0.399 e. The Hall–Kier alpha value is -1.55. The molecule has 1 aromatic carbocycles. The molecule has 5 N–H and O–H groups in total. The molecule has 1 aliphatic heterocycles. The highest BCUT2D eigenvalue weighted by atomic mass is 16.2. The fourth-order valence-electron chi connectivity index (χ4n) is 2.23. The maximum absolute atomic E-state index is 11.7. The predicted octanol–water partition coefficient (Wildman–Crippen LogP) is 1.22. The normalized spacial score (nSPS) is 23.2. The molecule has 4 heteroatoms. The van der Waals surface area contributed by atoms with Crippen LogP contribution in [0.15, 0.2) is 18.2 Å². The van der Waals surface area contributed by atoms with Crippen LogP contribution in [0.5, 0.6) is 0 Å². The molecule has 0 bridgehead atoms. The summed E-state index contributed by atoms with van der Waals surface area (Å²) in [4.78, 5) is 11.7. The van der Waals surface area contributed by atoms with Crippen molar-refractivity contribution < 1.29 is 4.79 Å². The molecule has 1 atom stereocenters. The van der Waals surface area contributed by atoms with E-state index < -0.39 is 6.04 Å². The number of benzene rings is 1. The topological polar surface area (TPSA) is 81.1 Å². The van der Waals surface area contributed by atoms with E-state index in [2.05, 4.69) is 19.2 Å². The zero-order valence-corrected chi connectivity index (χ0v) is 9.58. The molecule has 0 fully saturated rings. The third-order valence-corrected chi connectivity index (χ3v) is 3.10. The molecule has 0 aliphatic carbocycles. The van der Waals surface area contributed by atoms with E-state index in [9.17, 15) is 4.79 Å². The van der Waals surface area contributed by atoms with Gasteiger partial charge in [-0.2, -0.15) is 0 Å². The van der Waals surface area contributed by atoms with Crippen LogP contribution in [0.2, 0.25) is 0 Å². The van der Waals surface area contributed by atoms with Crippen molar-refractivity contribution >= 4 is 17.3 Å². The van der Waals surface area contributed by atoms with Gasteiger partial charge < -0.3 is 16.8 Å². The van der Waals surface area contributed by atoms with Crippen LogP contribution in [0, 0.1) is 0 Å². The fraction of sp³-hybridized carbons (Fsp3) is 0.417. The highest BCUT2D eigenvalue weighted by Crippen LogP contribution is 2.37. The second kappa shape index (κ2) is 3.49. The average Bonchev–Trinajstić information content (AvgIpc) is 2.22. The Morgan fingerprint density at radius 2 is 2.12 bits per heavy atom. The molecule has 0 aromatic heterocycles. The summed E-state index contributed by atoms with van der Waals surface area (Å²) < 4.78 is 0. The summed E-state index contributed by atoms with van der Waals surface area (Å²) in [5, 5.41) is 2.82. The van der Waals surface area contributed by atoms with Gasteiger partial charge in [0.05, 0.1) is 6.04 Å². The van der Waals surface area contributed by atoms with Gasteiger partial charge in [0.15, 0.2) is 0 Å². The molecule has 1 heterocycles. The Labute approximate surface area is 95.0 Å². The molecule has 2 rings (SSSR count). The second-order valence-corrected chi connectivity index (χ2v) is 4.99. The minimum Gasteiger partial charge on any atom is -0.399 e. The van der Waals surface area contributed by atoms with Crippen LogP contribution in [-0.4, -0.2) is 11.9 Å². The molecular weight excluding hydrogens is 202 g/mol. The van der Waals surface area contributed by atoms with Crippen molar-refractivity contribution in [3.63, 3.8) is 0 Å². The van der Waals surface area contributed by atoms with Gasteiger partial charge in [0.1, 0.15) is 0 Å². The van der Waals surface area contributed by atoms with Crippen molar-refractivity contribution in [3.8, 4) is 0 Å². The van der Waals surface area contributed by atoms with Gasteiger partial charge in [-0.3, -0.25) is 4.79 Å². The number of carbonyl (C=O) groups is 1. The van der Waals surface area contributed by atoms with Crippen molar-refractivity contribution in [2.45, 2.75) is 31.7 Å². The van der Waals surface area contributed by atoms with Crippen LogP contribution in [-0.2, 0) is 10.2 Å².